The molecule has 0 bridgehead atoms. The second kappa shape index (κ2) is 3.71. The number of hydrogen-bond donors (Lipinski definition) is 1. The average Bonchev–Trinajstić information content (AvgIpc) is 2.61. The van der Waals surface area contributed by atoms with Crippen LogP contribution in [0.3, 0.4) is 0 Å². The SMILES string of the molecule is O=Cc1nc(-c2cccnc2)c(Br)[nH]1. The number of carbonyl (C=O) groups excluding carboxylic acids is 1. The quantitative estimate of drug-likeness (QED) is 0.832. The smallest absolute Gasteiger partial charge is 0.185 e. The normalized spacial score (nSPS) is 10.1. The van der Waals surface area contributed by atoms with Crippen molar-refractivity contribution < 1.29 is 4.79 Å². The first kappa shape index (κ1) is 9.08. The summed E-state index contributed by atoms with van der Waals surface area (Å²) in [7, 11) is 0. The molecule has 0 aliphatic carbocycles. The van der Waals surface area contributed by atoms with Gasteiger partial charge in [0, 0.05) is 18.0 Å². The maximum Gasteiger partial charge on any atom is 0.185 e. The highest BCUT2D eigenvalue weighted by Gasteiger charge is 2.08. The van der Waals surface area contributed by atoms with Crippen LogP contribution in [0.15, 0.2) is 29.1 Å². The van der Waals surface area contributed by atoms with Crippen LogP contribution in [0.25, 0.3) is 11.3 Å². The highest BCUT2D eigenvalue weighted by molar-refractivity contribution is 9.10. The Morgan fingerprint density at radius 1 is 1.50 bits per heavy atom. The van der Waals surface area contributed by atoms with Crippen molar-refractivity contribution in [1.29, 1.82) is 0 Å². The molecule has 0 saturated carbocycles. The van der Waals surface area contributed by atoms with Crippen LogP contribution in [0.2, 0.25) is 0 Å². The molecule has 4 nitrogen and oxygen atoms in total. The molecule has 5 heteroatoms. The van der Waals surface area contributed by atoms with Crippen molar-refractivity contribution in [3.63, 3.8) is 0 Å². The summed E-state index contributed by atoms with van der Waals surface area (Å²) in [5, 5.41) is 0. The molecule has 0 saturated heterocycles. The minimum atomic E-state index is 0.302. The second-order valence-electron chi connectivity index (χ2n) is 2.64. The highest BCUT2D eigenvalue weighted by atomic mass is 79.9. The number of aromatic amines is 1. The van der Waals surface area contributed by atoms with Crippen molar-refractivity contribution in [2.75, 3.05) is 0 Å². The van der Waals surface area contributed by atoms with Crippen molar-refractivity contribution >= 4 is 22.2 Å². The Hall–Kier alpha value is -1.49. The fourth-order valence-corrected chi connectivity index (χ4v) is 1.64. The Morgan fingerprint density at radius 3 is 2.93 bits per heavy atom. The average molecular weight is 252 g/mol. The summed E-state index contributed by atoms with van der Waals surface area (Å²) >= 11 is 3.29. The van der Waals surface area contributed by atoms with E-state index in [1.54, 1.807) is 12.4 Å². The van der Waals surface area contributed by atoms with E-state index in [-0.39, 0.29) is 0 Å². The molecule has 2 heterocycles. The number of aromatic nitrogens is 3. The van der Waals surface area contributed by atoms with Crippen LogP contribution in [0.5, 0.6) is 0 Å². The number of imidazole rings is 1. The van der Waals surface area contributed by atoms with E-state index in [9.17, 15) is 4.79 Å². The summed E-state index contributed by atoms with van der Waals surface area (Å²) in [6.45, 7) is 0. The van der Waals surface area contributed by atoms with Crippen LogP contribution in [0.4, 0.5) is 0 Å². The lowest BCUT2D eigenvalue weighted by Gasteiger charge is -1.94. The lowest BCUT2D eigenvalue weighted by molar-refractivity contribution is 0.111. The van der Waals surface area contributed by atoms with Crippen LogP contribution >= 0.6 is 15.9 Å². The first-order chi connectivity index (χ1) is 6.81. The molecule has 70 valence electrons. The van der Waals surface area contributed by atoms with Crippen molar-refractivity contribution in [3.05, 3.63) is 35.0 Å². The molecule has 2 rings (SSSR count). The van der Waals surface area contributed by atoms with Crippen molar-refractivity contribution in [2.24, 2.45) is 0 Å². The van der Waals surface area contributed by atoms with Crippen LogP contribution in [0, 0.1) is 0 Å². The van der Waals surface area contributed by atoms with Gasteiger partial charge in [0.15, 0.2) is 12.1 Å². The summed E-state index contributed by atoms with van der Waals surface area (Å²) in [5.41, 5.74) is 1.56. The molecule has 0 atom stereocenters. The minimum absolute atomic E-state index is 0.302. The summed E-state index contributed by atoms with van der Waals surface area (Å²) in [5.74, 6) is 0.302. The first-order valence-corrected chi connectivity index (χ1v) is 4.71. The summed E-state index contributed by atoms with van der Waals surface area (Å²) in [4.78, 5) is 21.3. The second-order valence-corrected chi connectivity index (χ2v) is 3.44. The fraction of sp³-hybridized carbons (Fsp3) is 0. The van der Waals surface area contributed by atoms with E-state index < -0.39 is 0 Å². The van der Waals surface area contributed by atoms with Gasteiger partial charge in [-0.15, -0.1) is 0 Å². The molecule has 0 spiro atoms. The van der Waals surface area contributed by atoms with Crippen LogP contribution in [-0.2, 0) is 0 Å². The number of nitrogens with zero attached hydrogens (tertiary/aromatic N) is 2. The molecular formula is C9H6BrN3O. The number of rotatable bonds is 2. The topological polar surface area (TPSA) is 58.6 Å². The van der Waals surface area contributed by atoms with Gasteiger partial charge in [0.25, 0.3) is 0 Å². The predicted molar refractivity (Wildman–Crippen MR) is 54.9 cm³/mol. The Morgan fingerprint density at radius 2 is 2.36 bits per heavy atom. The Balaban J connectivity index is 2.51. The third kappa shape index (κ3) is 1.58. The van der Waals surface area contributed by atoms with Gasteiger partial charge in [0.05, 0.1) is 0 Å². The number of carbonyl (C=O) groups is 1. The van der Waals surface area contributed by atoms with Gasteiger partial charge in [0.1, 0.15) is 10.3 Å². The zero-order valence-electron chi connectivity index (χ0n) is 7.07. The summed E-state index contributed by atoms with van der Waals surface area (Å²) in [6.07, 6.45) is 4.05. The largest absolute Gasteiger partial charge is 0.330 e. The van der Waals surface area contributed by atoms with Crippen LogP contribution in [-0.4, -0.2) is 21.2 Å². The van der Waals surface area contributed by atoms with Crippen molar-refractivity contribution in [2.45, 2.75) is 0 Å². The molecule has 2 aromatic heterocycles. The van der Waals surface area contributed by atoms with Crippen LogP contribution in [0.1, 0.15) is 10.6 Å². The maximum atomic E-state index is 10.5. The Labute approximate surface area is 88.5 Å². The van der Waals surface area contributed by atoms with Gasteiger partial charge in [-0.25, -0.2) is 4.98 Å². The molecular weight excluding hydrogens is 246 g/mol. The number of nitrogens with one attached hydrogen (secondary N) is 1. The van der Waals surface area contributed by atoms with Gasteiger partial charge < -0.3 is 4.98 Å². The van der Waals surface area contributed by atoms with Gasteiger partial charge >= 0.3 is 0 Å². The van der Waals surface area contributed by atoms with E-state index in [1.807, 2.05) is 12.1 Å². The standard InChI is InChI=1S/C9H6BrN3O/c10-9-8(12-7(5-14)13-9)6-2-1-3-11-4-6/h1-5H,(H,12,13). The number of hydrogen-bond acceptors (Lipinski definition) is 3. The van der Waals surface area contributed by atoms with Crippen LogP contribution < -0.4 is 0 Å². The van der Waals surface area contributed by atoms with E-state index in [2.05, 4.69) is 30.9 Å². The number of H-pyrrole nitrogens is 1. The van der Waals surface area contributed by atoms with E-state index in [0.29, 0.717) is 22.4 Å². The number of aldehydes is 1. The first-order valence-electron chi connectivity index (χ1n) is 3.92. The zero-order chi connectivity index (χ0) is 9.97. The Bertz CT molecular complexity index is 452. The van der Waals surface area contributed by atoms with Crippen molar-refractivity contribution in [3.8, 4) is 11.3 Å². The number of pyridine rings is 1. The molecule has 0 aliphatic rings. The van der Waals surface area contributed by atoms with Gasteiger partial charge in [-0.05, 0) is 28.1 Å². The van der Waals surface area contributed by atoms with Gasteiger partial charge in [0.2, 0.25) is 0 Å². The monoisotopic (exact) mass is 251 g/mol. The molecule has 0 fully saturated rings. The predicted octanol–water partition coefficient (Wildman–Crippen LogP) is 2.05. The van der Waals surface area contributed by atoms with Crippen molar-refractivity contribution in [1.82, 2.24) is 15.0 Å². The molecule has 0 amide bonds. The summed E-state index contributed by atoms with van der Waals surface area (Å²) in [6, 6.07) is 3.69. The molecule has 0 unspecified atom stereocenters. The van der Waals surface area contributed by atoms with Gasteiger partial charge in [-0.3, -0.25) is 9.78 Å². The maximum absolute atomic E-state index is 10.5. The molecule has 2 aromatic rings. The summed E-state index contributed by atoms with van der Waals surface area (Å²) < 4.78 is 0.688. The molecule has 14 heavy (non-hydrogen) atoms. The third-order valence-corrected chi connectivity index (χ3v) is 2.30. The molecule has 0 radical (unpaired) electrons. The zero-order valence-corrected chi connectivity index (χ0v) is 8.65. The third-order valence-electron chi connectivity index (χ3n) is 1.72. The van der Waals surface area contributed by atoms with E-state index in [4.69, 9.17) is 0 Å². The van der Waals surface area contributed by atoms with Gasteiger partial charge in [-0.1, -0.05) is 0 Å². The van der Waals surface area contributed by atoms with E-state index in [0.717, 1.165) is 5.56 Å². The Kier molecular flexibility index (Phi) is 2.41. The van der Waals surface area contributed by atoms with E-state index >= 15 is 0 Å². The molecule has 1 N–H and O–H groups in total. The molecule has 0 aliphatic heterocycles. The van der Waals surface area contributed by atoms with E-state index in [1.165, 1.54) is 0 Å². The molecule has 0 aromatic carbocycles. The highest BCUT2D eigenvalue weighted by Crippen LogP contribution is 2.24. The number of halogens is 1. The minimum Gasteiger partial charge on any atom is -0.330 e. The fourth-order valence-electron chi connectivity index (χ4n) is 1.12. The lowest BCUT2D eigenvalue weighted by atomic mass is 10.2. The van der Waals surface area contributed by atoms with Gasteiger partial charge in [-0.2, -0.15) is 0 Å². The lowest BCUT2D eigenvalue weighted by Crippen LogP contribution is -1.82.